The normalized spacial score (nSPS) is 16.8. The second kappa shape index (κ2) is 8.55. The van der Waals surface area contributed by atoms with E-state index in [1.807, 2.05) is 39.2 Å². The number of hydrogen-bond donors (Lipinski definition) is 1. The molecule has 1 fully saturated rings. The summed E-state index contributed by atoms with van der Waals surface area (Å²) in [5.74, 6) is 0.477. The van der Waals surface area contributed by atoms with E-state index in [1.165, 1.54) is 11.8 Å². The van der Waals surface area contributed by atoms with Crippen molar-refractivity contribution in [2.45, 2.75) is 70.8 Å². The van der Waals surface area contributed by atoms with Gasteiger partial charge in [0.25, 0.3) is 0 Å². The number of ether oxygens (including phenoxy) is 1. The Morgan fingerprint density at radius 1 is 1.41 bits per heavy atom. The molecule has 3 heterocycles. The zero-order chi connectivity index (χ0) is 21.2. The highest BCUT2D eigenvalue weighted by atomic mass is 32.2. The minimum Gasteiger partial charge on any atom is -0.376 e. The molecule has 1 aliphatic heterocycles. The van der Waals surface area contributed by atoms with Gasteiger partial charge in [-0.1, -0.05) is 11.8 Å². The first-order chi connectivity index (χ1) is 13.7. The molecule has 0 saturated carbocycles. The molecule has 29 heavy (non-hydrogen) atoms. The van der Waals surface area contributed by atoms with Gasteiger partial charge >= 0.3 is 0 Å². The summed E-state index contributed by atoms with van der Waals surface area (Å²) in [6.45, 7) is 11.2. The average molecular weight is 418 g/mol. The molecule has 1 aliphatic rings. The van der Waals surface area contributed by atoms with Crippen LogP contribution in [0.2, 0.25) is 0 Å². The first kappa shape index (κ1) is 21.3. The third-order valence-corrected chi connectivity index (χ3v) is 5.94. The van der Waals surface area contributed by atoms with Gasteiger partial charge in [0.2, 0.25) is 11.1 Å². The number of tetrazole rings is 1. The minimum absolute atomic E-state index is 0.105. The number of thioether (sulfide) groups is 1. The third-order valence-electron chi connectivity index (χ3n) is 5.02. The molecule has 1 N–H and O–H groups in total. The largest absolute Gasteiger partial charge is 0.376 e. The maximum absolute atomic E-state index is 12.7. The van der Waals surface area contributed by atoms with Crippen LogP contribution in [0.25, 0.3) is 0 Å². The van der Waals surface area contributed by atoms with Crippen LogP contribution in [0, 0.1) is 25.2 Å². The third kappa shape index (κ3) is 4.62. The number of hydrogen-bond acceptors (Lipinski definition) is 7. The van der Waals surface area contributed by atoms with Gasteiger partial charge in [0.05, 0.1) is 29.5 Å². The number of nitriles is 1. The van der Waals surface area contributed by atoms with Crippen LogP contribution in [0.15, 0.2) is 5.16 Å². The monoisotopic (exact) mass is 417 g/mol. The summed E-state index contributed by atoms with van der Waals surface area (Å²) in [5, 5.41) is 24.9. The molecule has 1 saturated heterocycles. The van der Waals surface area contributed by atoms with Crippen LogP contribution in [-0.2, 0) is 21.6 Å². The van der Waals surface area contributed by atoms with Crippen LogP contribution in [0.3, 0.4) is 0 Å². The van der Waals surface area contributed by atoms with Crippen molar-refractivity contribution < 1.29 is 9.53 Å². The number of rotatable bonds is 6. The number of carbonyl (C=O) groups is 1. The number of amides is 1. The fraction of sp³-hybridized carbons (Fsp3) is 0.632. The molecule has 2 aromatic rings. The molecular weight excluding hydrogens is 390 g/mol. The lowest BCUT2D eigenvalue weighted by molar-refractivity contribution is -0.113. The minimum atomic E-state index is -0.277. The fourth-order valence-corrected chi connectivity index (χ4v) is 4.20. The van der Waals surface area contributed by atoms with Crippen LogP contribution >= 0.6 is 11.8 Å². The van der Waals surface area contributed by atoms with Gasteiger partial charge in [-0.25, -0.2) is 4.68 Å². The van der Waals surface area contributed by atoms with Gasteiger partial charge in [-0.05, 0) is 63.5 Å². The van der Waals surface area contributed by atoms with E-state index in [-0.39, 0.29) is 23.3 Å². The van der Waals surface area contributed by atoms with Crippen molar-refractivity contribution in [3.8, 4) is 6.07 Å². The van der Waals surface area contributed by atoms with Gasteiger partial charge in [-0.3, -0.25) is 4.79 Å². The summed E-state index contributed by atoms with van der Waals surface area (Å²) in [6, 6.07) is 2.23. The van der Waals surface area contributed by atoms with Gasteiger partial charge < -0.3 is 14.6 Å². The summed E-state index contributed by atoms with van der Waals surface area (Å²) >= 11 is 1.27. The van der Waals surface area contributed by atoms with Crippen molar-refractivity contribution in [2.24, 2.45) is 0 Å². The Kier molecular flexibility index (Phi) is 6.29. The van der Waals surface area contributed by atoms with E-state index < -0.39 is 0 Å². The molecule has 1 unspecified atom stereocenters. The molecule has 0 spiro atoms. The van der Waals surface area contributed by atoms with Crippen LogP contribution < -0.4 is 5.32 Å². The second-order valence-electron chi connectivity index (χ2n) is 8.17. The second-order valence-corrected chi connectivity index (χ2v) is 9.11. The smallest absolute Gasteiger partial charge is 0.235 e. The van der Waals surface area contributed by atoms with Gasteiger partial charge in [-0.2, -0.15) is 5.26 Å². The predicted molar refractivity (Wildman–Crippen MR) is 110 cm³/mol. The Labute approximate surface area is 174 Å². The van der Waals surface area contributed by atoms with Crippen LogP contribution in [0.1, 0.15) is 50.4 Å². The summed E-state index contributed by atoms with van der Waals surface area (Å²) in [4.78, 5) is 12.7. The Morgan fingerprint density at radius 2 is 2.17 bits per heavy atom. The first-order valence-corrected chi connectivity index (χ1v) is 10.6. The van der Waals surface area contributed by atoms with Gasteiger partial charge in [-0.15, -0.1) is 5.10 Å². The average Bonchev–Trinajstić information content (AvgIpc) is 3.38. The molecule has 0 radical (unpaired) electrons. The Morgan fingerprint density at radius 3 is 2.79 bits per heavy atom. The molecule has 3 rings (SSSR count). The molecule has 0 aromatic carbocycles. The highest BCUT2D eigenvalue weighted by molar-refractivity contribution is 7.99. The van der Waals surface area contributed by atoms with E-state index in [0.717, 1.165) is 30.7 Å². The van der Waals surface area contributed by atoms with Crippen LogP contribution in [-0.4, -0.2) is 49.1 Å². The number of nitrogens with one attached hydrogen (secondary N) is 1. The Hall–Kier alpha value is -2.38. The molecule has 156 valence electrons. The van der Waals surface area contributed by atoms with Crippen molar-refractivity contribution >= 4 is 23.5 Å². The predicted octanol–water partition coefficient (Wildman–Crippen LogP) is 2.63. The van der Waals surface area contributed by atoms with Crippen LogP contribution in [0.4, 0.5) is 5.82 Å². The summed E-state index contributed by atoms with van der Waals surface area (Å²) < 4.78 is 9.44. The topological polar surface area (TPSA) is 111 Å². The van der Waals surface area contributed by atoms with Gasteiger partial charge in [0.15, 0.2) is 0 Å². The molecule has 2 aromatic heterocycles. The van der Waals surface area contributed by atoms with Gasteiger partial charge in [0.1, 0.15) is 11.9 Å². The SMILES string of the molecule is Cc1c(C#N)c(NC(=O)CSc2nnnn2C(C)(C)C)n(CC2CCCO2)c1C. The fourth-order valence-electron chi connectivity index (χ4n) is 3.34. The van der Waals surface area contributed by atoms with E-state index in [9.17, 15) is 10.1 Å². The standard InChI is InChI=1S/C19H27N7O2S/c1-12-13(2)25(10-14-7-6-8-28-14)17(15(12)9-20)21-16(27)11-29-18-22-23-24-26(18)19(3,4)5/h14H,6-8,10-11H2,1-5H3,(H,21,27). The number of aromatic nitrogens is 5. The van der Waals surface area contributed by atoms with Crippen molar-refractivity contribution in [3.63, 3.8) is 0 Å². The number of anilines is 1. The first-order valence-electron chi connectivity index (χ1n) is 9.65. The highest BCUT2D eigenvalue weighted by Gasteiger charge is 2.25. The van der Waals surface area contributed by atoms with E-state index in [2.05, 4.69) is 26.9 Å². The zero-order valence-electron chi connectivity index (χ0n) is 17.5. The van der Waals surface area contributed by atoms with Crippen molar-refractivity contribution in [1.29, 1.82) is 5.26 Å². The number of nitrogens with zero attached hydrogens (tertiary/aromatic N) is 6. The Balaban J connectivity index is 1.75. The van der Waals surface area contributed by atoms with Crippen molar-refractivity contribution in [1.82, 2.24) is 24.8 Å². The molecule has 10 heteroatoms. The lowest BCUT2D eigenvalue weighted by atomic mass is 10.1. The molecular formula is C19H27N7O2S. The Bertz CT molecular complexity index is 930. The molecule has 0 aliphatic carbocycles. The maximum atomic E-state index is 12.7. The maximum Gasteiger partial charge on any atom is 0.235 e. The molecule has 9 nitrogen and oxygen atoms in total. The van der Waals surface area contributed by atoms with E-state index in [1.54, 1.807) is 4.68 Å². The molecule has 0 bridgehead atoms. The van der Waals surface area contributed by atoms with E-state index in [0.29, 0.717) is 23.1 Å². The summed E-state index contributed by atoms with van der Waals surface area (Å²) in [6.07, 6.45) is 2.13. The quantitative estimate of drug-likeness (QED) is 0.719. The summed E-state index contributed by atoms with van der Waals surface area (Å²) in [5.41, 5.74) is 2.07. The van der Waals surface area contributed by atoms with Gasteiger partial charge in [0, 0.05) is 12.3 Å². The van der Waals surface area contributed by atoms with E-state index >= 15 is 0 Å². The highest BCUT2D eigenvalue weighted by Crippen LogP contribution is 2.29. The lowest BCUT2D eigenvalue weighted by Crippen LogP contribution is -2.25. The summed E-state index contributed by atoms with van der Waals surface area (Å²) in [7, 11) is 0. The van der Waals surface area contributed by atoms with Crippen molar-refractivity contribution in [3.05, 3.63) is 16.8 Å². The number of carbonyl (C=O) groups excluding carboxylic acids is 1. The van der Waals surface area contributed by atoms with E-state index in [4.69, 9.17) is 4.74 Å². The molecule has 1 amide bonds. The van der Waals surface area contributed by atoms with Crippen molar-refractivity contribution in [2.75, 3.05) is 17.7 Å². The molecule has 1 atom stereocenters. The zero-order valence-corrected chi connectivity index (χ0v) is 18.3. The van der Waals surface area contributed by atoms with Crippen LogP contribution in [0.5, 0.6) is 0 Å². The lowest BCUT2D eigenvalue weighted by Gasteiger charge is -2.19.